The van der Waals surface area contributed by atoms with E-state index in [0.29, 0.717) is 11.5 Å². The minimum Gasteiger partial charge on any atom is -0.377 e. The van der Waals surface area contributed by atoms with Crippen molar-refractivity contribution in [1.82, 2.24) is 0 Å². The van der Waals surface area contributed by atoms with Gasteiger partial charge in [0.1, 0.15) is 0 Å². The quantitative estimate of drug-likeness (QED) is 0.564. The van der Waals surface area contributed by atoms with E-state index in [4.69, 9.17) is 26.6 Å². The van der Waals surface area contributed by atoms with Crippen molar-refractivity contribution >= 4 is 17.6 Å². The summed E-state index contributed by atoms with van der Waals surface area (Å²) in [6, 6.07) is 0.868. The molecule has 132 valence electrons. The molecule has 0 aliphatic heterocycles. The van der Waals surface area contributed by atoms with Crippen LogP contribution in [-0.2, 0) is 26.6 Å². The lowest BCUT2D eigenvalue weighted by Gasteiger charge is -2.37. The summed E-state index contributed by atoms with van der Waals surface area (Å²) >= 11 is 0. The zero-order valence-electron chi connectivity index (χ0n) is 14.8. The van der Waals surface area contributed by atoms with Gasteiger partial charge in [0.05, 0.1) is 0 Å². The summed E-state index contributed by atoms with van der Waals surface area (Å²) in [7, 11) is 5.17. The molecule has 1 aliphatic rings. The van der Waals surface area contributed by atoms with Gasteiger partial charge < -0.3 is 26.6 Å². The normalized spacial score (nSPS) is 23.7. The molecule has 8 heteroatoms. The van der Waals surface area contributed by atoms with Gasteiger partial charge in [-0.1, -0.05) is 12.8 Å². The van der Waals surface area contributed by atoms with Crippen molar-refractivity contribution < 1.29 is 26.6 Å². The van der Waals surface area contributed by atoms with Crippen LogP contribution in [0, 0.1) is 5.92 Å². The van der Waals surface area contributed by atoms with E-state index in [1.54, 1.807) is 42.7 Å². The Kier molecular flexibility index (Phi) is 8.72. The topological polar surface area (TPSA) is 55.4 Å². The summed E-state index contributed by atoms with van der Waals surface area (Å²) in [5.41, 5.74) is 0.401. The van der Waals surface area contributed by atoms with Crippen LogP contribution >= 0.6 is 0 Å². The van der Waals surface area contributed by atoms with Crippen LogP contribution < -0.4 is 0 Å². The second-order valence-electron chi connectivity index (χ2n) is 5.77. The Balaban J connectivity index is 2.49. The SMILES string of the molecule is CO[Si](CCC1CCC([Si](OC)(OC)OC)CC1)(OC)OC. The molecule has 0 amide bonds. The molecule has 0 bridgehead atoms. The van der Waals surface area contributed by atoms with E-state index < -0.39 is 17.6 Å². The van der Waals surface area contributed by atoms with Gasteiger partial charge in [0, 0.05) is 54.2 Å². The zero-order chi connectivity index (χ0) is 16.6. The third-order valence-electron chi connectivity index (χ3n) is 4.99. The summed E-state index contributed by atoms with van der Waals surface area (Å²) in [4.78, 5) is 0. The van der Waals surface area contributed by atoms with Crippen LogP contribution in [0.25, 0.3) is 0 Å². The molecule has 0 heterocycles. The third-order valence-corrected chi connectivity index (χ3v) is 11.0. The van der Waals surface area contributed by atoms with E-state index in [2.05, 4.69) is 0 Å². The van der Waals surface area contributed by atoms with Crippen LogP contribution in [0.1, 0.15) is 32.1 Å². The monoisotopic (exact) mass is 352 g/mol. The minimum absolute atomic E-state index is 0.401. The van der Waals surface area contributed by atoms with Gasteiger partial charge in [-0.3, -0.25) is 0 Å². The predicted molar refractivity (Wildman–Crippen MR) is 88.7 cm³/mol. The molecule has 0 aromatic rings. The smallest absolute Gasteiger partial charge is 0.377 e. The molecule has 0 radical (unpaired) electrons. The maximum absolute atomic E-state index is 5.62. The van der Waals surface area contributed by atoms with Crippen LogP contribution in [0.4, 0.5) is 0 Å². The van der Waals surface area contributed by atoms with Gasteiger partial charge >= 0.3 is 17.6 Å². The minimum atomic E-state index is -2.49. The van der Waals surface area contributed by atoms with Gasteiger partial charge in [0.25, 0.3) is 0 Å². The van der Waals surface area contributed by atoms with Crippen molar-refractivity contribution in [3.8, 4) is 0 Å². The second-order valence-corrected chi connectivity index (χ2v) is 12.1. The molecule has 0 aromatic heterocycles. The standard InChI is InChI=1S/C14H32O6Si2/c1-15-21(16-2,17-3)12-11-13-7-9-14(10-8-13)22(18-4,19-5)20-6/h13-14H,7-12H2,1-6H3. The van der Waals surface area contributed by atoms with Gasteiger partial charge in [-0.2, -0.15) is 0 Å². The molecule has 0 spiro atoms. The summed E-state index contributed by atoms with van der Waals surface area (Å²) in [5.74, 6) is 0.681. The molecule has 6 nitrogen and oxygen atoms in total. The molecule has 0 saturated heterocycles. The molecule has 0 N–H and O–H groups in total. The fraction of sp³-hybridized carbons (Fsp3) is 1.00. The van der Waals surface area contributed by atoms with Crippen LogP contribution in [-0.4, -0.2) is 60.3 Å². The van der Waals surface area contributed by atoms with Crippen molar-refractivity contribution in [2.24, 2.45) is 5.92 Å². The molecule has 1 saturated carbocycles. The van der Waals surface area contributed by atoms with Gasteiger partial charge in [-0.25, -0.2) is 0 Å². The van der Waals surface area contributed by atoms with E-state index in [1.165, 1.54) is 0 Å². The average molecular weight is 353 g/mol. The fourth-order valence-corrected chi connectivity index (χ4v) is 7.91. The molecular formula is C14H32O6Si2. The third kappa shape index (κ3) is 4.60. The molecule has 1 aliphatic carbocycles. The summed E-state index contributed by atoms with van der Waals surface area (Å²) < 4.78 is 33.3. The zero-order valence-corrected chi connectivity index (χ0v) is 16.8. The Morgan fingerprint density at radius 1 is 0.682 bits per heavy atom. The Morgan fingerprint density at radius 2 is 1.14 bits per heavy atom. The van der Waals surface area contributed by atoms with Gasteiger partial charge in [-0.05, 0) is 25.2 Å². The Morgan fingerprint density at radius 3 is 1.50 bits per heavy atom. The van der Waals surface area contributed by atoms with Gasteiger partial charge in [-0.15, -0.1) is 0 Å². The molecule has 1 rings (SSSR count). The van der Waals surface area contributed by atoms with Crippen molar-refractivity contribution in [2.75, 3.05) is 42.7 Å². The first-order chi connectivity index (χ1) is 10.5. The van der Waals surface area contributed by atoms with E-state index in [0.717, 1.165) is 38.1 Å². The van der Waals surface area contributed by atoms with Crippen molar-refractivity contribution in [2.45, 2.75) is 43.7 Å². The van der Waals surface area contributed by atoms with Crippen molar-refractivity contribution in [3.63, 3.8) is 0 Å². The highest BCUT2D eigenvalue weighted by Crippen LogP contribution is 2.42. The van der Waals surface area contributed by atoms with Crippen LogP contribution in [0.3, 0.4) is 0 Å². The Labute approximate surface area is 137 Å². The Hall–Kier alpha value is 0.194. The first-order valence-electron chi connectivity index (χ1n) is 7.86. The lowest BCUT2D eigenvalue weighted by molar-refractivity contribution is 0.0986. The van der Waals surface area contributed by atoms with Crippen LogP contribution in [0.15, 0.2) is 0 Å². The summed E-state index contributed by atoms with van der Waals surface area (Å²) in [5, 5.41) is 0. The van der Waals surface area contributed by atoms with Gasteiger partial charge in [0.15, 0.2) is 0 Å². The van der Waals surface area contributed by atoms with Gasteiger partial charge in [0.2, 0.25) is 0 Å². The maximum atomic E-state index is 5.62. The molecule has 0 atom stereocenters. The highest BCUT2D eigenvalue weighted by molar-refractivity contribution is 6.62. The highest BCUT2D eigenvalue weighted by Gasteiger charge is 2.48. The second kappa shape index (κ2) is 9.48. The van der Waals surface area contributed by atoms with E-state index in [1.807, 2.05) is 0 Å². The molecule has 1 fully saturated rings. The fourth-order valence-electron chi connectivity index (χ4n) is 3.49. The maximum Gasteiger partial charge on any atom is 0.503 e. The molecular weight excluding hydrogens is 320 g/mol. The van der Waals surface area contributed by atoms with E-state index in [9.17, 15) is 0 Å². The predicted octanol–water partition coefficient (Wildman–Crippen LogP) is 2.69. The Bertz CT molecular complexity index is 285. The summed E-state index contributed by atoms with van der Waals surface area (Å²) in [6.45, 7) is 0. The van der Waals surface area contributed by atoms with Crippen LogP contribution in [0.2, 0.25) is 11.6 Å². The number of hydrogen-bond acceptors (Lipinski definition) is 6. The van der Waals surface area contributed by atoms with Crippen LogP contribution in [0.5, 0.6) is 0 Å². The molecule has 0 unspecified atom stereocenters. The lowest BCUT2D eigenvalue weighted by atomic mass is 9.87. The number of rotatable bonds is 10. The molecule has 0 aromatic carbocycles. The average Bonchev–Trinajstić information content (AvgIpc) is 2.60. The first kappa shape index (κ1) is 20.2. The lowest BCUT2D eigenvalue weighted by Crippen LogP contribution is -2.48. The van der Waals surface area contributed by atoms with Crippen molar-refractivity contribution in [3.05, 3.63) is 0 Å². The van der Waals surface area contributed by atoms with E-state index >= 15 is 0 Å². The summed E-state index contributed by atoms with van der Waals surface area (Å²) in [6.07, 6.45) is 5.59. The first-order valence-corrected chi connectivity index (χ1v) is 11.6. The van der Waals surface area contributed by atoms with E-state index in [-0.39, 0.29) is 0 Å². The molecule has 22 heavy (non-hydrogen) atoms. The largest absolute Gasteiger partial charge is 0.503 e. The van der Waals surface area contributed by atoms with Crippen molar-refractivity contribution in [1.29, 1.82) is 0 Å². The number of hydrogen-bond donors (Lipinski definition) is 0. The highest BCUT2D eigenvalue weighted by atomic mass is 28.4.